The van der Waals surface area contributed by atoms with Gasteiger partial charge in [0.15, 0.2) is 5.82 Å². The summed E-state index contributed by atoms with van der Waals surface area (Å²) in [6.45, 7) is 6.15. The van der Waals surface area contributed by atoms with Crippen LogP contribution in [0.4, 0.5) is 0 Å². The van der Waals surface area contributed by atoms with E-state index >= 15 is 0 Å². The van der Waals surface area contributed by atoms with E-state index in [0.717, 1.165) is 30.2 Å². The quantitative estimate of drug-likeness (QED) is 0.874. The van der Waals surface area contributed by atoms with Crippen LogP contribution in [-0.4, -0.2) is 21.5 Å². The van der Waals surface area contributed by atoms with E-state index in [1.807, 2.05) is 18.2 Å². The van der Waals surface area contributed by atoms with Crippen LogP contribution < -0.4 is 5.32 Å². The minimum absolute atomic E-state index is 0.645. The molecule has 0 amide bonds. The number of hydrogen-bond donors (Lipinski definition) is 1. The molecule has 1 N–H and O–H groups in total. The minimum Gasteiger partial charge on any atom is -0.311 e. The van der Waals surface area contributed by atoms with Gasteiger partial charge >= 0.3 is 0 Å². The molecule has 4 nitrogen and oxygen atoms in total. The summed E-state index contributed by atoms with van der Waals surface area (Å²) in [5.41, 5.74) is 2.01. The van der Waals surface area contributed by atoms with E-state index in [0.29, 0.717) is 5.92 Å². The molecule has 0 aliphatic heterocycles. The molecular formula is C14H18N4. The van der Waals surface area contributed by atoms with Crippen molar-refractivity contribution in [2.75, 3.05) is 6.54 Å². The fraction of sp³-hybridized carbons (Fsp3) is 0.357. The Morgan fingerprint density at radius 2 is 1.89 bits per heavy atom. The molecule has 0 aliphatic rings. The lowest BCUT2D eigenvalue weighted by Gasteiger charge is -2.07. The van der Waals surface area contributed by atoms with Gasteiger partial charge in [0.25, 0.3) is 0 Å². The first-order valence-corrected chi connectivity index (χ1v) is 6.19. The predicted octanol–water partition coefficient (Wildman–Crippen LogP) is 2.28. The van der Waals surface area contributed by atoms with E-state index < -0.39 is 0 Å². The van der Waals surface area contributed by atoms with Crippen molar-refractivity contribution in [3.05, 3.63) is 42.5 Å². The van der Waals surface area contributed by atoms with Gasteiger partial charge in [0, 0.05) is 30.7 Å². The average molecular weight is 242 g/mol. The highest BCUT2D eigenvalue weighted by molar-refractivity contribution is 5.53. The molecule has 0 aromatic carbocycles. The van der Waals surface area contributed by atoms with Gasteiger partial charge in [-0.25, -0.2) is 9.97 Å². The maximum atomic E-state index is 4.54. The molecule has 94 valence electrons. The molecule has 0 radical (unpaired) electrons. The van der Waals surface area contributed by atoms with Crippen LogP contribution in [0.5, 0.6) is 0 Å². The molecule has 0 atom stereocenters. The zero-order chi connectivity index (χ0) is 12.8. The Morgan fingerprint density at radius 3 is 2.61 bits per heavy atom. The first-order chi connectivity index (χ1) is 8.75. The second-order valence-corrected chi connectivity index (χ2v) is 4.63. The largest absolute Gasteiger partial charge is 0.311 e. The highest BCUT2D eigenvalue weighted by Crippen LogP contribution is 2.12. The Bertz CT molecular complexity index is 482. The molecule has 2 aromatic rings. The lowest BCUT2D eigenvalue weighted by atomic mass is 10.2. The van der Waals surface area contributed by atoms with Crippen LogP contribution in [0.3, 0.4) is 0 Å². The monoisotopic (exact) mass is 242 g/mol. The van der Waals surface area contributed by atoms with E-state index in [-0.39, 0.29) is 0 Å². The maximum absolute atomic E-state index is 4.54. The van der Waals surface area contributed by atoms with E-state index in [1.165, 1.54) is 0 Å². The van der Waals surface area contributed by atoms with Gasteiger partial charge in [-0.3, -0.25) is 4.98 Å². The van der Waals surface area contributed by atoms with Gasteiger partial charge in [-0.15, -0.1) is 0 Å². The number of nitrogens with zero attached hydrogens (tertiary/aromatic N) is 3. The predicted molar refractivity (Wildman–Crippen MR) is 71.8 cm³/mol. The van der Waals surface area contributed by atoms with Gasteiger partial charge in [-0.2, -0.15) is 0 Å². The van der Waals surface area contributed by atoms with Crippen LogP contribution in [0.1, 0.15) is 19.5 Å². The molecule has 2 heterocycles. The number of hydrogen-bond acceptors (Lipinski definition) is 4. The van der Waals surface area contributed by atoms with Gasteiger partial charge in [-0.05, 0) is 30.7 Å². The van der Waals surface area contributed by atoms with Gasteiger partial charge in [-0.1, -0.05) is 13.8 Å². The fourth-order valence-electron chi connectivity index (χ4n) is 1.62. The Kier molecular flexibility index (Phi) is 4.36. The van der Waals surface area contributed by atoms with Crippen molar-refractivity contribution in [2.45, 2.75) is 20.4 Å². The summed E-state index contributed by atoms with van der Waals surface area (Å²) in [4.78, 5) is 12.8. The summed E-state index contributed by atoms with van der Waals surface area (Å²) in [6.07, 6.45) is 5.31. The standard InChI is InChI=1S/C14H18N4/c1-11(2)9-16-10-13-5-8-17-14(18-13)12-3-6-15-7-4-12/h3-8,11,16H,9-10H2,1-2H3. The molecule has 0 unspecified atom stereocenters. The number of rotatable bonds is 5. The Balaban J connectivity index is 2.06. The zero-order valence-corrected chi connectivity index (χ0v) is 10.8. The topological polar surface area (TPSA) is 50.7 Å². The third kappa shape index (κ3) is 3.60. The maximum Gasteiger partial charge on any atom is 0.159 e. The molecule has 0 spiro atoms. The molecule has 2 rings (SSSR count). The molecule has 0 saturated carbocycles. The smallest absolute Gasteiger partial charge is 0.159 e. The molecule has 0 saturated heterocycles. The Morgan fingerprint density at radius 1 is 1.11 bits per heavy atom. The van der Waals surface area contributed by atoms with Crippen molar-refractivity contribution in [1.29, 1.82) is 0 Å². The molecule has 0 bridgehead atoms. The molecule has 4 heteroatoms. The van der Waals surface area contributed by atoms with Crippen LogP contribution in [-0.2, 0) is 6.54 Å². The zero-order valence-electron chi connectivity index (χ0n) is 10.8. The summed E-state index contributed by atoms with van der Waals surface area (Å²) in [6, 6.07) is 5.78. The summed E-state index contributed by atoms with van der Waals surface area (Å²) in [7, 11) is 0. The minimum atomic E-state index is 0.645. The molecular weight excluding hydrogens is 224 g/mol. The highest BCUT2D eigenvalue weighted by atomic mass is 14.9. The van der Waals surface area contributed by atoms with Crippen LogP contribution in [0.2, 0.25) is 0 Å². The van der Waals surface area contributed by atoms with Crippen molar-refractivity contribution >= 4 is 0 Å². The third-order valence-corrected chi connectivity index (χ3v) is 2.51. The van der Waals surface area contributed by atoms with Gasteiger partial charge in [0.1, 0.15) is 0 Å². The average Bonchev–Trinajstić information content (AvgIpc) is 2.40. The van der Waals surface area contributed by atoms with E-state index in [9.17, 15) is 0 Å². The van der Waals surface area contributed by atoms with E-state index in [1.54, 1.807) is 18.6 Å². The lowest BCUT2D eigenvalue weighted by molar-refractivity contribution is 0.548. The van der Waals surface area contributed by atoms with Crippen molar-refractivity contribution in [3.63, 3.8) is 0 Å². The normalized spacial score (nSPS) is 10.8. The second kappa shape index (κ2) is 6.21. The molecule has 0 fully saturated rings. The highest BCUT2D eigenvalue weighted by Gasteiger charge is 2.02. The van der Waals surface area contributed by atoms with Crippen LogP contribution in [0, 0.1) is 5.92 Å². The van der Waals surface area contributed by atoms with Gasteiger partial charge in [0.05, 0.1) is 5.69 Å². The van der Waals surface area contributed by atoms with Crippen LogP contribution in [0.15, 0.2) is 36.8 Å². The number of aromatic nitrogens is 3. The second-order valence-electron chi connectivity index (χ2n) is 4.63. The third-order valence-electron chi connectivity index (χ3n) is 2.51. The van der Waals surface area contributed by atoms with E-state index in [4.69, 9.17) is 0 Å². The molecule has 2 aromatic heterocycles. The van der Waals surface area contributed by atoms with Crippen molar-refractivity contribution in [3.8, 4) is 11.4 Å². The van der Waals surface area contributed by atoms with Crippen LogP contribution >= 0.6 is 0 Å². The van der Waals surface area contributed by atoms with Gasteiger partial charge < -0.3 is 5.32 Å². The first kappa shape index (κ1) is 12.6. The summed E-state index contributed by atoms with van der Waals surface area (Å²) in [5, 5.41) is 3.38. The first-order valence-electron chi connectivity index (χ1n) is 6.19. The summed E-state index contributed by atoms with van der Waals surface area (Å²) in [5.74, 6) is 1.40. The summed E-state index contributed by atoms with van der Waals surface area (Å²) >= 11 is 0. The van der Waals surface area contributed by atoms with Crippen molar-refractivity contribution in [2.24, 2.45) is 5.92 Å². The van der Waals surface area contributed by atoms with Crippen molar-refractivity contribution in [1.82, 2.24) is 20.3 Å². The summed E-state index contributed by atoms with van der Waals surface area (Å²) < 4.78 is 0. The van der Waals surface area contributed by atoms with Crippen molar-refractivity contribution < 1.29 is 0 Å². The Hall–Kier alpha value is -1.81. The SMILES string of the molecule is CC(C)CNCc1ccnc(-c2ccncc2)n1. The molecule has 18 heavy (non-hydrogen) atoms. The number of nitrogens with one attached hydrogen (secondary N) is 1. The van der Waals surface area contributed by atoms with E-state index in [2.05, 4.69) is 34.1 Å². The molecule has 0 aliphatic carbocycles. The Labute approximate surface area is 108 Å². The van der Waals surface area contributed by atoms with Gasteiger partial charge in [0.2, 0.25) is 0 Å². The number of pyridine rings is 1. The lowest BCUT2D eigenvalue weighted by Crippen LogP contribution is -2.19. The van der Waals surface area contributed by atoms with Crippen LogP contribution in [0.25, 0.3) is 11.4 Å². The fourth-order valence-corrected chi connectivity index (χ4v) is 1.62.